The molecule has 1 aromatic heterocycles. The Bertz CT molecular complexity index is 531. The van der Waals surface area contributed by atoms with E-state index in [1.54, 1.807) is 21.1 Å². The van der Waals surface area contributed by atoms with Crippen LogP contribution in [0.3, 0.4) is 0 Å². The smallest absolute Gasteiger partial charge is 0.184 e. The monoisotopic (exact) mass is 337 g/mol. The normalized spacial score (nSPS) is 11.8. The summed E-state index contributed by atoms with van der Waals surface area (Å²) in [5.74, 6) is 0.0738. The van der Waals surface area contributed by atoms with Crippen LogP contribution >= 0.6 is 11.5 Å². The van der Waals surface area contributed by atoms with Crippen LogP contribution < -0.4 is 10.6 Å². The Labute approximate surface area is 130 Å². The summed E-state index contributed by atoms with van der Waals surface area (Å²) in [6.45, 7) is 3.93. The first-order valence-electron chi connectivity index (χ1n) is 6.68. The van der Waals surface area contributed by atoms with Crippen LogP contribution in [-0.4, -0.2) is 59.1 Å². The fourth-order valence-electron chi connectivity index (χ4n) is 1.84. The predicted molar refractivity (Wildman–Crippen MR) is 84.8 cm³/mol. The van der Waals surface area contributed by atoms with Gasteiger partial charge in [0.25, 0.3) is 0 Å². The lowest BCUT2D eigenvalue weighted by Gasteiger charge is -2.23. The molecule has 0 bridgehead atoms. The van der Waals surface area contributed by atoms with E-state index in [9.17, 15) is 8.42 Å². The molecule has 1 aromatic rings. The van der Waals surface area contributed by atoms with Crippen LogP contribution in [0.5, 0.6) is 0 Å². The quantitative estimate of drug-likeness (QED) is 0.637. The molecule has 1 heterocycles. The van der Waals surface area contributed by atoms with E-state index in [1.807, 2.05) is 4.90 Å². The highest BCUT2D eigenvalue weighted by Gasteiger charge is 2.27. The summed E-state index contributed by atoms with van der Waals surface area (Å²) < 4.78 is 38.6. The van der Waals surface area contributed by atoms with Crippen molar-refractivity contribution in [2.24, 2.45) is 0 Å². The third-order valence-electron chi connectivity index (χ3n) is 2.98. The molecule has 0 aliphatic heterocycles. The fourth-order valence-corrected chi connectivity index (χ4v) is 4.20. The minimum Gasteiger partial charge on any atom is -0.385 e. The summed E-state index contributed by atoms with van der Waals surface area (Å²) in [6, 6.07) is 0. The maximum atomic E-state index is 12.2. The second-order valence-electron chi connectivity index (χ2n) is 4.43. The van der Waals surface area contributed by atoms with Gasteiger partial charge in [-0.05, 0) is 18.0 Å². The lowest BCUT2D eigenvalue weighted by molar-refractivity contribution is 0.191. The average molecular weight is 337 g/mol. The zero-order valence-corrected chi connectivity index (χ0v) is 14.3. The highest BCUT2D eigenvalue weighted by atomic mass is 32.2. The van der Waals surface area contributed by atoms with E-state index in [2.05, 4.69) is 4.37 Å². The number of nitrogens with two attached hydrogens (primary N) is 1. The van der Waals surface area contributed by atoms with Crippen LogP contribution in [0.1, 0.15) is 13.3 Å². The van der Waals surface area contributed by atoms with Crippen LogP contribution in [-0.2, 0) is 19.3 Å². The van der Waals surface area contributed by atoms with Gasteiger partial charge in [0.15, 0.2) is 15.7 Å². The predicted octanol–water partition coefficient (Wildman–Crippen LogP) is 1.01. The molecule has 0 saturated heterocycles. The number of nitrogen functional groups attached to an aromatic ring is 1. The number of rotatable bonds is 10. The molecule has 1 rings (SSSR count). The molecule has 122 valence electrons. The third-order valence-corrected chi connectivity index (χ3v) is 5.81. The topological polar surface area (TPSA) is 94.8 Å². The van der Waals surface area contributed by atoms with Crippen molar-refractivity contribution >= 4 is 32.2 Å². The number of ether oxygens (including phenoxy) is 2. The molecular weight excluding hydrogens is 314 g/mol. The van der Waals surface area contributed by atoms with Gasteiger partial charge in [-0.3, -0.25) is 0 Å². The summed E-state index contributed by atoms with van der Waals surface area (Å²) in [6.07, 6.45) is 0.781. The molecule has 0 spiro atoms. The fraction of sp³-hybridized carbons (Fsp3) is 0.750. The molecule has 0 amide bonds. The number of aromatic nitrogens is 1. The lowest BCUT2D eigenvalue weighted by atomic mass is 10.4. The van der Waals surface area contributed by atoms with Gasteiger partial charge in [-0.15, -0.1) is 0 Å². The van der Waals surface area contributed by atoms with Crippen LogP contribution in [0, 0.1) is 0 Å². The Morgan fingerprint density at radius 3 is 2.48 bits per heavy atom. The second kappa shape index (κ2) is 8.52. The van der Waals surface area contributed by atoms with Crippen LogP contribution in [0.15, 0.2) is 4.90 Å². The molecule has 0 aliphatic carbocycles. The van der Waals surface area contributed by atoms with Crippen LogP contribution in [0.4, 0.5) is 10.8 Å². The first kappa shape index (κ1) is 18.1. The van der Waals surface area contributed by atoms with Crippen molar-refractivity contribution in [3.8, 4) is 0 Å². The number of hydrogen-bond acceptors (Lipinski definition) is 8. The largest absolute Gasteiger partial charge is 0.385 e. The van der Waals surface area contributed by atoms with E-state index in [4.69, 9.17) is 15.2 Å². The van der Waals surface area contributed by atoms with E-state index in [0.717, 1.165) is 18.0 Å². The Hall–Kier alpha value is -0.900. The van der Waals surface area contributed by atoms with E-state index >= 15 is 0 Å². The van der Waals surface area contributed by atoms with Gasteiger partial charge in [0.1, 0.15) is 9.90 Å². The molecule has 0 aliphatic rings. The Kier molecular flexibility index (Phi) is 7.36. The molecular formula is C12H23N3O4S2. The van der Waals surface area contributed by atoms with Crippen molar-refractivity contribution in [2.75, 3.05) is 56.9 Å². The minimum absolute atomic E-state index is 0.00119. The standard InChI is InChI=1S/C12H23N3O4S2/c1-4-21(16,17)10-11(13)14-20-12(10)15(7-9-19-3)6-5-8-18-2/h4-9H2,1-3H3,(H2,13,14). The van der Waals surface area contributed by atoms with Crippen molar-refractivity contribution in [2.45, 2.75) is 18.2 Å². The SMILES string of the molecule is CCS(=O)(=O)c1c(N)nsc1N(CCCOC)CCOC. The van der Waals surface area contributed by atoms with Crippen LogP contribution in [0.2, 0.25) is 0 Å². The van der Waals surface area contributed by atoms with E-state index < -0.39 is 9.84 Å². The zero-order valence-electron chi connectivity index (χ0n) is 12.7. The Morgan fingerprint density at radius 1 is 1.24 bits per heavy atom. The van der Waals surface area contributed by atoms with E-state index in [1.165, 1.54) is 0 Å². The molecule has 0 aromatic carbocycles. The van der Waals surface area contributed by atoms with Crippen molar-refractivity contribution in [3.63, 3.8) is 0 Å². The zero-order chi connectivity index (χ0) is 15.9. The molecule has 9 heteroatoms. The Balaban J connectivity index is 3.06. The molecule has 0 atom stereocenters. The highest BCUT2D eigenvalue weighted by Crippen LogP contribution is 2.35. The summed E-state index contributed by atoms with van der Waals surface area (Å²) in [5, 5.41) is 0.586. The first-order chi connectivity index (χ1) is 9.97. The maximum absolute atomic E-state index is 12.2. The van der Waals surface area contributed by atoms with Crippen LogP contribution in [0.25, 0.3) is 0 Å². The van der Waals surface area contributed by atoms with Gasteiger partial charge in [0, 0.05) is 33.9 Å². The molecule has 0 saturated carbocycles. The summed E-state index contributed by atoms with van der Waals surface area (Å²) >= 11 is 1.11. The molecule has 0 radical (unpaired) electrons. The number of anilines is 2. The summed E-state index contributed by atoms with van der Waals surface area (Å²) in [4.78, 5) is 2.09. The number of hydrogen-bond donors (Lipinski definition) is 1. The Morgan fingerprint density at radius 2 is 1.90 bits per heavy atom. The molecule has 2 N–H and O–H groups in total. The first-order valence-corrected chi connectivity index (χ1v) is 9.11. The van der Waals surface area contributed by atoms with Crippen molar-refractivity contribution in [3.05, 3.63) is 0 Å². The number of methoxy groups -OCH3 is 2. The molecule has 7 nitrogen and oxygen atoms in total. The van der Waals surface area contributed by atoms with Gasteiger partial charge in [-0.2, -0.15) is 4.37 Å². The summed E-state index contributed by atoms with van der Waals surface area (Å²) in [5.41, 5.74) is 5.76. The van der Waals surface area contributed by atoms with Gasteiger partial charge in [-0.25, -0.2) is 8.42 Å². The van der Waals surface area contributed by atoms with Crippen molar-refractivity contribution < 1.29 is 17.9 Å². The minimum atomic E-state index is -3.41. The maximum Gasteiger partial charge on any atom is 0.184 e. The number of sulfone groups is 1. The lowest BCUT2D eigenvalue weighted by Crippen LogP contribution is -2.29. The van der Waals surface area contributed by atoms with Gasteiger partial charge in [0.05, 0.1) is 12.4 Å². The number of nitrogens with zero attached hydrogens (tertiary/aromatic N) is 2. The molecule has 21 heavy (non-hydrogen) atoms. The second-order valence-corrected chi connectivity index (χ2v) is 7.40. The van der Waals surface area contributed by atoms with E-state index in [-0.39, 0.29) is 16.5 Å². The average Bonchev–Trinajstić information content (AvgIpc) is 2.85. The van der Waals surface area contributed by atoms with Gasteiger partial charge < -0.3 is 20.1 Å². The van der Waals surface area contributed by atoms with Crippen molar-refractivity contribution in [1.29, 1.82) is 0 Å². The van der Waals surface area contributed by atoms with E-state index in [0.29, 0.717) is 31.3 Å². The molecule has 0 unspecified atom stereocenters. The van der Waals surface area contributed by atoms with Gasteiger partial charge in [-0.1, -0.05) is 6.92 Å². The summed E-state index contributed by atoms with van der Waals surface area (Å²) in [7, 11) is -0.162. The van der Waals surface area contributed by atoms with Crippen molar-refractivity contribution in [1.82, 2.24) is 4.37 Å². The van der Waals surface area contributed by atoms with Gasteiger partial charge in [0.2, 0.25) is 0 Å². The van der Waals surface area contributed by atoms with Gasteiger partial charge >= 0.3 is 0 Å². The third kappa shape index (κ3) is 4.80. The molecule has 0 fully saturated rings. The highest BCUT2D eigenvalue weighted by molar-refractivity contribution is 7.91.